The molecule has 0 saturated heterocycles. The standard InChI is InChI=1S/C14H13ClN4O2/c1-9(2)7-12-13(19(20)21)14(15)18(17-12)11-5-3-10(8-16)4-6-11/h3-6,9H,7H2,1-2H3. The molecule has 1 heterocycles. The molecule has 2 rings (SSSR count). The molecule has 0 saturated carbocycles. The molecule has 1 aromatic heterocycles. The zero-order chi connectivity index (χ0) is 15.6. The number of aromatic nitrogens is 2. The van der Waals surface area contributed by atoms with E-state index in [-0.39, 0.29) is 16.8 Å². The maximum Gasteiger partial charge on any atom is 0.329 e. The number of hydrogen-bond acceptors (Lipinski definition) is 4. The summed E-state index contributed by atoms with van der Waals surface area (Å²) in [5.74, 6) is 0.226. The first-order valence-corrected chi connectivity index (χ1v) is 6.74. The van der Waals surface area contributed by atoms with Crippen molar-refractivity contribution in [3.05, 3.63) is 50.8 Å². The molecule has 0 atom stereocenters. The molecule has 0 amide bonds. The molecule has 0 fully saturated rings. The van der Waals surface area contributed by atoms with Crippen molar-refractivity contribution in [3.8, 4) is 11.8 Å². The summed E-state index contributed by atoms with van der Waals surface area (Å²) in [6, 6.07) is 8.54. The van der Waals surface area contributed by atoms with E-state index in [0.717, 1.165) is 0 Å². The fourth-order valence-corrected chi connectivity index (χ4v) is 2.30. The summed E-state index contributed by atoms with van der Waals surface area (Å²) in [7, 11) is 0. The molecule has 6 nitrogen and oxygen atoms in total. The second kappa shape index (κ2) is 5.94. The Morgan fingerprint density at radius 1 is 1.43 bits per heavy atom. The summed E-state index contributed by atoms with van der Waals surface area (Å²) >= 11 is 6.11. The largest absolute Gasteiger partial charge is 0.329 e. The fourth-order valence-electron chi connectivity index (χ4n) is 1.98. The highest BCUT2D eigenvalue weighted by molar-refractivity contribution is 6.32. The van der Waals surface area contributed by atoms with Crippen molar-refractivity contribution in [2.45, 2.75) is 20.3 Å². The second-order valence-electron chi connectivity index (χ2n) is 5.01. The van der Waals surface area contributed by atoms with Gasteiger partial charge >= 0.3 is 5.69 Å². The third-order valence-electron chi connectivity index (χ3n) is 2.90. The Hall–Kier alpha value is -2.39. The van der Waals surface area contributed by atoms with Gasteiger partial charge in [-0.2, -0.15) is 10.4 Å². The van der Waals surface area contributed by atoms with Crippen LogP contribution in [0.3, 0.4) is 0 Å². The summed E-state index contributed by atoms with van der Waals surface area (Å²) in [5.41, 5.74) is 1.29. The molecule has 0 radical (unpaired) electrons. The highest BCUT2D eigenvalue weighted by Crippen LogP contribution is 2.32. The van der Waals surface area contributed by atoms with E-state index in [1.165, 1.54) is 4.68 Å². The SMILES string of the molecule is CC(C)Cc1nn(-c2ccc(C#N)cc2)c(Cl)c1[N+](=O)[O-]. The summed E-state index contributed by atoms with van der Waals surface area (Å²) in [4.78, 5) is 10.7. The first-order valence-electron chi connectivity index (χ1n) is 6.36. The average molecular weight is 305 g/mol. The van der Waals surface area contributed by atoms with Crippen molar-refractivity contribution in [1.82, 2.24) is 9.78 Å². The maximum atomic E-state index is 11.2. The van der Waals surface area contributed by atoms with Crippen LogP contribution in [-0.2, 0) is 6.42 Å². The van der Waals surface area contributed by atoms with E-state index in [1.807, 2.05) is 19.9 Å². The first-order chi connectivity index (χ1) is 9.93. The molecule has 108 valence electrons. The molecular formula is C14H13ClN4O2. The lowest BCUT2D eigenvalue weighted by Gasteiger charge is -2.02. The van der Waals surface area contributed by atoms with Crippen LogP contribution in [0.1, 0.15) is 25.1 Å². The van der Waals surface area contributed by atoms with Gasteiger partial charge < -0.3 is 0 Å². The Kier molecular flexibility index (Phi) is 4.24. The zero-order valence-electron chi connectivity index (χ0n) is 11.6. The van der Waals surface area contributed by atoms with E-state index in [1.54, 1.807) is 24.3 Å². The van der Waals surface area contributed by atoms with Crippen molar-refractivity contribution >= 4 is 17.3 Å². The van der Waals surface area contributed by atoms with E-state index in [9.17, 15) is 10.1 Å². The normalized spacial score (nSPS) is 10.6. The molecule has 0 N–H and O–H groups in total. The number of nitrogens with zero attached hydrogens (tertiary/aromatic N) is 4. The van der Waals surface area contributed by atoms with E-state index >= 15 is 0 Å². The van der Waals surface area contributed by atoms with Gasteiger partial charge in [-0.3, -0.25) is 10.1 Å². The predicted molar refractivity (Wildman–Crippen MR) is 78.5 cm³/mol. The van der Waals surface area contributed by atoms with Crippen molar-refractivity contribution in [1.29, 1.82) is 5.26 Å². The Balaban J connectivity index is 2.53. The summed E-state index contributed by atoms with van der Waals surface area (Å²) in [6.45, 7) is 3.91. The lowest BCUT2D eigenvalue weighted by Crippen LogP contribution is -2.00. The lowest BCUT2D eigenvalue weighted by molar-refractivity contribution is -0.385. The monoisotopic (exact) mass is 304 g/mol. The molecule has 0 aliphatic heterocycles. The maximum absolute atomic E-state index is 11.2. The second-order valence-corrected chi connectivity index (χ2v) is 5.37. The number of nitro groups is 1. The van der Waals surface area contributed by atoms with E-state index in [0.29, 0.717) is 23.4 Å². The lowest BCUT2D eigenvalue weighted by atomic mass is 10.1. The van der Waals surface area contributed by atoms with Gasteiger partial charge in [0, 0.05) is 6.42 Å². The van der Waals surface area contributed by atoms with Crippen molar-refractivity contribution in [2.75, 3.05) is 0 Å². The van der Waals surface area contributed by atoms with Gasteiger partial charge in [0.1, 0.15) is 5.69 Å². The van der Waals surface area contributed by atoms with E-state index in [2.05, 4.69) is 5.10 Å². The summed E-state index contributed by atoms with van der Waals surface area (Å²) < 4.78 is 1.33. The third-order valence-corrected chi connectivity index (χ3v) is 3.24. The first kappa shape index (κ1) is 15.0. The Morgan fingerprint density at radius 2 is 2.05 bits per heavy atom. The van der Waals surface area contributed by atoms with Gasteiger partial charge in [-0.1, -0.05) is 25.4 Å². The molecule has 7 heteroatoms. The van der Waals surface area contributed by atoms with E-state index < -0.39 is 4.92 Å². The molecular weight excluding hydrogens is 292 g/mol. The molecule has 2 aromatic rings. The highest BCUT2D eigenvalue weighted by atomic mass is 35.5. The van der Waals surface area contributed by atoms with Gasteiger partial charge in [0.15, 0.2) is 0 Å². The minimum atomic E-state index is -0.507. The smallest absolute Gasteiger partial charge is 0.258 e. The Labute approximate surface area is 126 Å². The van der Waals surface area contributed by atoms with Crippen LogP contribution in [0.25, 0.3) is 5.69 Å². The number of nitriles is 1. The van der Waals surface area contributed by atoms with Crippen molar-refractivity contribution < 1.29 is 4.92 Å². The highest BCUT2D eigenvalue weighted by Gasteiger charge is 2.27. The van der Waals surface area contributed by atoms with Gasteiger partial charge in [-0.25, -0.2) is 4.68 Å². The zero-order valence-corrected chi connectivity index (χ0v) is 12.3. The molecule has 0 spiro atoms. The number of benzene rings is 1. The van der Waals surface area contributed by atoms with Crippen LogP contribution in [0.5, 0.6) is 0 Å². The molecule has 1 aromatic carbocycles. The molecule has 0 aliphatic rings. The Morgan fingerprint density at radius 3 is 2.52 bits per heavy atom. The van der Waals surface area contributed by atoms with Crippen molar-refractivity contribution in [2.24, 2.45) is 5.92 Å². The number of halogens is 1. The van der Waals surface area contributed by atoms with E-state index in [4.69, 9.17) is 16.9 Å². The topological polar surface area (TPSA) is 84.8 Å². The molecule has 0 aliphatic carbocycles. The molecule has 0 unspecified atom stereocenters. The van der Waals surface area contributed by atoms with Crippen LogP contribution in [-0.4, -0.2) is 14.7 Å². The average Bonchev–Trinajstić information content (AvgIpc) is 2.75. The molecule has 0 bridgehead atoms. The van der Waals surface area contributed by atoms with Gasteiger partial charge in [0.2, 0.25) is 5.15 Å². The Bertz CT molecular complexity index is 714. The third kappa shape index (κ3) is 3.03. The minimum Gasteiger partial charge on any atom is -0.258 e. The van der Waals surface area contributed by atoms with Crippen LogP contribution in [0, 0.1) is 27.4 Å². The van der Waals surface area contributed by atoms with Crippen LogP contribution < -0.4 is 0 Å². The predicted octanol–water partition coefficient (Wildman–Crippen LogP) is 3.50. The van der Waals surface area contributed by atoms with Crippen LogP contribution >= 0.6 is 11.6 Å². The quantitative estimate of drug-likeness (QED) is 0.639. The van der Waals surface area contributed by atoms with Gasteiger partial charge in [0.25, 0.3) is 0 Å². The van der Waals surface area contributed by atoms with Gasteiger partial charge in [-0.15, -0.1) is 0 Å². The van der Waals surface area contributed by atoms with Gasteiger partial charge in [-0.05, 0) is 30.2 Å². The van der Waals surface area contributed by atoms with Crippen LogP contribution in [0.4, 0.5) is 5.69 Å². The number of rotatable bonds is 4. The minimum absolute atomic E-state index is 0.0274. The van der Waals surface area contributed by atoms with Crippen LogP contribution in [0.2, 0.25) is 5.15 Å². The fraction of sp³-hybridized carbons (Fsp3) is 0.286. The summed E-state index contributed by atoms with van der Waals surface area (Å²) in [5, 5.41) is 24.2. The molecule has 21 heavy (non-hydrogen) atoms. The van der Waals surface area contributed by atoms with Crippen molar-refractivity contribution in [3.63, 3.8) is 0 Å². The summed E-state index contributed by atoms with van der Waals surface area (Å²) in [6.07, 6.45) is 0.472. The van der Waals surface area contributed by atoms with Crippen LogP contribution in [0.15, 0.2) is 24.3 Å². The van der Waals surface area contributed by atoms with Gasteiger partial charge in [0.05, 0.1) is 22.2 Å². The number of hydrogen-bond donors (Lipinski definition) is 0.